The number of esters is 1. The van der Waals surface area contributed by atoms with Gasteiger partial charge >= 0.3 is 17.8 Å². The fourth-order valence-electron chi connectivity index (χ4n) is 17.2. The Kier molecular flexibility index (Phi) is 27.6. The van der Waals surface area contributed by atoms with E-state index in [9.17, 15) is 68.4 Å². The van der Waals surface area contributed by atoms with Gasteiger partial charge in [0.1, 0.15) is 52.7 Å². The quantitative estimate of drug-likeness (QED) is 0.00430. The first kappa shape index (κ1) is 87.4. The summed E-state index contributed by atoms with van der Waals surface area (Å²) in [6, 6.07) is 11.9. The second-order valence-corrected chi connectivity index (χ2v) is 33.8. The molecule has 1 aliphatic carbocycles. The Morgan fingerprint density at radius 2 is 1.53 bits per heavy atom. The summed E-state index contributed by atoms with van der Waals surface area (Å²) in [6.45, 7) is 14.6. The molecule has 2 aromatic heterocycles. The number of piperidine rings is 1. The number of thiophene rings is 1. The topological polar surface area (TPSA) is 400 Å². The number of anilines is 3. The number of amides is 6. The fourth-order valence-corrected chi connectivity index (χ4v) is 17.9. The average molecular weight is 1630 g/mol. The van der Waals surface area contributed by atoms with E-state index in [2.05, 4.69) is 34.9 Å². The number of Topliss-reactive ketones (excluding diaryl/α,β-unsaturated/α-hetero) is 3. The van der Waals surface area contributed by atoms with Crippen molar-refractivity contribution in [2.75, 3.05) is 62.9 Å². The molecule has 11 atom stereocenters. The van der Waals surface area contributed by atoms with E-state index in [4.69, 9.17) is 34.1 Å². The largest absolute Gasteiger partial charge is 0.507 e. The number of aliphatic hydroxyl groups excluding tert-OH is 3. The van der Waals surface area contributed by atoms with Crippen LogP contribution in [0.15, 0.2) is 116 Å². The van der Waals surface area contributed by atoms with Gasteiger partial charge in [-0.05, 0) is 98.9 Å². The Hall–Kier alpha value is -10.5. The number of carbonyl (C=O) groups excluding carboxylic acids is 9. The Morgan fingerprint density at radius 3 is 2.18 bits per heavy atom. The highest BCUT2D eigenvalue weighted by molar-refractivity contribution is 7.08. The fraction of sp³-hybridized carbons (Fsp3) is 0.500. The molecular formula is C88H109N8O20S+. The number of carbonyl (C=O) groups is 9. The number of nitrogens with zero attached hydrogens (tertiary/aromatic N) is 4. The number of nitrogens with two attached hydrogens (primary N) is 1. The number of hydrogen-bond acceptors (Lipinski definition) is 23. The van der Waals surface area contributed by atoms with Gasteiger partial charge in [0.15, 0.2) is 22.4 Å². The molecule has 4 aliphatic heterocycles. The number of benzene rings is 4. The number of aromatic nitrogens is 1. The van der Waals surface area contributed by atoms with Crippen molar-refractivity contribution in [2.24, 2.45) is 40.7 Å². The van der Waals surface area contributed by atoms with E-state index in [1.165, 1.54) is 87.7 Å². The summed E-state index contributed by atoms with van der Waals surface area (Å²) in [5, 5.41) is 59.4. The van der Waals surface area contributed by atoms with E-state index in [0.29, 0.717) is 99.8 Å². The number of nitrogens with one attached hydrogen (secondary N) is 3. The first-order chi connectivity index (χ1) is 55.6. The van der Waals surface area contributed by atoms with Gasteiger partial charge in [-0.15, -0.1) is 0 Å². The number of fused-ring (bicyclic) bond motifs is 2. The lowest BCUT2D eigenvalue weighted by Crippen LogP contribution is -2.53. The van der Waals surface area contributed by atoms with Crippen LogP contribution in [-0.4, -0.2) is 171 Å². The lowest BCUT2D eigenvalue weighted by atomic mass is 9.60. The van der Waals surface area contributed by atoms with Crippen molar-refractivity contribution in [3.05, 3.63) is 144 Å². The van der Waals surface area contributed by atoms with Crippen molar-refractivity contribution >= 4 is 120 Å². The van der Waals surface area contributed by atoms with E-state index in [1.54, 1.807) is 58.0 Å². The van der Waals surface area contributed by atoms with Crippen LogP contribution in [0.1, 0.15) is 167 Å². The van der Waals surface area contributed by atoms with E-state index in [1.807, 2.05) is 29.0 Å². The predicted octanol–water partition coefficient (Wildman–Crippen LogP) is 10.6. The molecule has 0 radical (unpaired) electrons. The van der Waals surface area contributed by atoms with Gasteiger partial charge in [0.05, 0.1) is 60.7 Å². The molecule has 29 heteroatoms. The van der Waals surface area contributed by atoms with Crippen molar-refractivity contribution in [3.8, 4) is 11.5 Å². The number of hydrogen-bond donors (Lipinski definition) is 8. The minimum atomic E-state index is -2.06. The van der Waals surface area contributed by atoms with Crippen LogP contribution in [0.4, 0.5) is 21.9 Å². The number of phenolic OH excluding ortho intramolecular Hbond substituents is 1. The van der Waals surface area contributed by atoms with E-state index < -0.39 is 123 Å². The molecule has 11 rings (SSSR count). The zero-order chi connectivity index (χ0) is 84.7. The Labute approximate surface area is 682 Å². The third-order valence-corrected chi connectivity index (χ3v) is 25.3. The number of rotatable bonds is 28. The smallest absolute Gasteiger partial charge is 0.312 e. The van der Waals surface area contributed by atoms with E-state index in [0.717, 1.165) is 24.0 Å². The maximum absolute atomic E-state index is 15.3. The van der Waals surface area contributed by atoms with E-state index >= 15 is 4.79 Å². The monoisotopic (exact) mass is 1630 g/mol. The maximum atomic E-state index is 15.3. The number of phenols is 1. The van der Waals surface area contributed by atoms with Gasteiger partial charge in [-0.1, -0.05) is 77.3 Å². The number of ether oxygens (including phenoxy) is 4. The third kappa shape index (κ3) is 19.2. The number of aliphatic hydroxyl groups is 3. The van der Waals surface area contributed by atoms with Crippen LogP contribution in [0.2, 0.25) is 0 Å². The number of urea groups is 1. The minimum absolute atomic E-state index is 0.00165. The molecule has 2 fully saturated rings. The summed E-state index contributed by atoms with van der Waals surface area (Å²) in [6.07, 6.45) is 11.9. The summed E-state index contributed by atoms with van der Waals surface area (Å²) in [4.78, 5) is 158. The molecule has 6 heterocycles. The summed E-state index contributed by atoms with van der Waals surface area (Å²) in [5.41, 5.74) is 4.35. The Morgan fingerprint density at radius 1 is 0.838 bits per heavy atom. The first-order valence-corrected chi connectivity index (χ1v) is 41.3. The number of imide groups is 1. The molecule has 4 bridgehead atoms. The van der Waals surface area contributed by atoms with Gasteiger partial charge in [0.25, 0.3) is 17.7 Å². The number of allylic oxidation sites excluding steroid dienone is 2. The summed E-state index contributed by atoms with van der Waals surface area (Å²) >= 11 is 1.46. The van der Waals surface area contributed by atoms with Gasteiger partial charge < -0.3 is 74.9 Å². The standard InChI is InChI=1S/C88H108N8O20S/c1-48-19-16-20-49(2)84(109)93-75-79(107)71-70(72-81(53(6)78(71)106)116-87(8,83(72)108)113-39-31-64(112-11)50(3)80(114-54(7)97)52(5)77(105)51(4)76(48)104)74-82(75)115-65-45-60(44-63(99)73(65)92-74)94-37-29-61(30-38-94)96(9,10)46-55-23-25-59(26-24-55)91-85(110)56(21-17-35-90-86(89)111)42-66(100)88(33-18-34-88)67(101)43-58(57-32-40-117-47-57)41-62(98)22-14-12-13-15-36-95-68(102)27-28-69(95)103/h16,19-20,23-28,31-32,39-40,44-45,47-48,50-52,56,58,61,64,76-77,80,104-105H,12-15,17-18,21-22,29-30,33-38,41-43,46H2,1-11H3,(H6-,89,90,91,92,93,99,102,103,106,107,108,109,110,111)/p+1/b19-16+,39-31+,49-20-/t48-,50+,51+,52+,56+,58+,64-,76-,77+,80+,87-/m0/s1. The van der Waals surface area contributed by atoms with Crippen LogP contribution in [0.5, 0.6) is 11.5 Å². The van der Waals surface area contributed by atoms with Gasteiger partial charge in [0, 0.05) is 173 Å². The first-order valence-electron chi connectivity index (χ1n) is 40.3. The zero-order valence-electron chi connectivity index (χ0n) is 68.3. The third-order valence-electron chi connectivity index (χ3n) is 24.6. The SMILES string of the molecule is CO[C@H]1/C=C/O[C@@]2(C)Oc3c(C)c(O)c4c(=O)c(c5oc6cc(N7CCC([N+](C)(C)Cc8ccc(NC(=O)[C@H](CCCNC(N)=O)CC(=O)C9(C(=O)C[C@@H](CC(=O)CCCCCCN%10C(=O)C=CC%10=O)c%10ccsc%10)CCC9)cc8)CC7)cc(=O)c6nc5c4c3=C2O)NC(=O)/C(C)=C\C=C\[C@H](C)[C@H](O)[C@@H](C)[C@@H](O)[C@@H](C)[C@H](OC(C)=O)[C@@H]1C. The molecule has 1 saturated heterocycles. The molecule has 6 aromatic rings. The van der Waals surface area contributed by atoms with Crippen LogP contribution in [0, 0.1) is 41.9 Å². The lowest BCUT2D eigenvalue weighted by Gasteiger charge is -2.43. The molecule has 0 unspecified atom stereocenters. The Balaban J connectivity index is 0.790. The normalized spacial score (nSPS) is 24.2. The lowest BCUT2D eigenvalue weighted by molar-refractivity contribution is -0.928. The van der Waals surface area contributed by atoms with Gasteiger partial charge in [-0.2, -0.15) is 11.3 Å². The molecule has 4 aromatic carbocycles. The number of methoxy groups -OCH3 is 1. The summed E-state index contributed by atoms with van der Waals surface area (Å²) in [7, 11) is 5.70. The molecule has 0 spiro atoms. The van der Waals surface area contributed by atoms with Crippen molar-refractivity contribution in [3.63, 3.8) is 0 Å². The van der Waals surface area contributed by atoms with Crippen molar-refractivity contribution in [2.45, 2.75) is 200 Å². The van der Waals surface area contributed by atoms with Gasteiger partial charge in [-0.25, -0.2) is 9.78 Å². The summed E-state index contributed by atoms with van der Waals surface area (Å²) < 4.78 is 31.5. The summed E-state index contributed by atoms with van der Waals surface area (Å²) in [5.74, 6) is -10.4. The molecule has 117 heavy (non-hydrogen) atoms. The van der Waals surface area contributed by atoms with Crippen molar-refractivity contribution in [1.82, 2.24) is 15.2 Å². The van der Waals surface area contributed by atoms with Crippen LogP contribution < -0.4 is 47.4 Å². The number of unbranched alkanes of at least 4 members (excludes halogenated alkanes) is 3. The highest BCUT2D eigenvalue weighted by Crippen LogP contribution is 2.48. The second kappa shape index (κ2) is 37.0. The molecule has 1 saturated carbocycles. The van der Waals surface area contributed by atoms with Crippen LogP contribution in [0.25, 0.3) is 38.7 Å². The number of aromatic hydroxyl groups is 1. The highest BCUT2D eigenvalue weighted by atomic mass is 32.1. The minimum Gasteiger partial charge on any atom is -0.507 e. The van der Waals surface area contributed by atoms with Crippen LogP contribution in [-0.2, 0) is 59.1 Å². The molecule has 626 valence electrons. The van der Waals surface area contributed by atoms with Gasteiger partial charge in [-0.3, -0.25) is 52.8 Å². The maximum Gasteiger partial charge on any atom is 0.312 e. The number of ketones is 3. The van der Waals surface area contributed by atoms with Crippen LogP contribution in [0.3, 0.4) is 0 Å². The van der Waals surface area contributed by atoms with E-state index in [-0.39, 0.29) is 123 Å². The molecule has 9 N–H and O–H groups in total. The van der Waals surface area contributed by atoms with Crippen molar-refractivity contribution in [1.29, 1.82) is 0 Å². The zero-order valence-corrected chi connectivity index (χ0v) is 69.1. The molecule has 6 amide bonds. The molecule has 28 nitrogen and oxygen atoms in total. The number of quaternary nitrogens is 1. The molecule has 5 aliphatic rings. The average Bonchev–Trinajstić information content (AvgIpc) is 1.63. The van der Waals surface area contributed by atoms with Gasteiger partial charge in [0.2, 0.25) is 16.8 Å². The Bertz CT molecular complexity index is 5100. The van der Waals surface area contributed by atoms with Crippen molar-refractivity contribution < 1.29 is 91.4 Å². The predicted molar refractivity (Wildman–Crippen MR) is 443 cm³/mol. The molecular weight excluding hydrogens is 1520 g/mol. The second-order valence-electron chi connectivity index (χ2n) is 33.0. The van der Waals surface area contributed by atoms with Crippen LogP contribution >= 0.6 is 11.3 Å². The number of primary amides is 1. The highest BCUT2D eigenvalue weighted by Gasteiger charge is 2.51.